The maximum absolute atomic E-state index is 13.5. The van der Waals surface area contributed by atoms with Crippen LogP contribution in [-0.4, -0.2) is 29.4 Å². The zero-order chi connectivity index (χ0) is 22.7. The first-order valence-corrected chi connectivity index (χ1v) is 10.5. The standard InChI is InChI=1S/C26H25FN2O3/c1-26(25(31)28-16-19-6-5-8-22(14-19)32-2)15-20-7-3-4-9-23(20)24(30)29(26)17-18-10-12-21(27)13-11-18/h3-14H,15-17H2,1-2H3,(H,28,31)/t26-/m1/s1. The van der Waals surface area contributed by atoms with E-state index >= 15 is 0 Å². The van der Waals surface area contributed by atoms with Gasteiger partial charge in [-0.3, -0.25) is 9.59 Å². The summed E-state index contributed by atoms with van der Waals surface area (Å²) in [5, 5.41) is 2.99. The second kappa shape index (κ2) is 8.83. The summed E-state index contributed by atoms with van der Waals surface area (Å²) >= 11 is 0. The van der Waals surface area contributed by atoms with Gasteiger partial charge in [-0.2, -0.15) is 0 Å². The fourth-order valence-electron chi connectivity index (χ4n) is 4.10. The number of benzene rings is 3. The topological polar surface area (TPSA) is 58.6 Å². The minimum atomic E-state index is -1.10. The lowest BCUT2D eigenvalue weighted by Crippen LogP contribution is -2.62. The lowest BCUT2D eigenvalue weighted by molar-refractivity contribution is -0.132. The molecule has 0 fully saturated rings. The predicted molar refractivity (Wildman–Crippen MR) is 120 cm³/mol. The van der Waals surface area contributed by atoms with Crippen LogP contribution in [0.2, 0.25) is 0 Å². The number of halogens is 1. The highest BCUT2D eigenvalue weighted by Crippen LogP contribution is 2.33. The van der Waals surface area contributed by atoms with Crippen molar-refractivity contribution in [1.82, 2.24) is 10.2 Å². The van der Waals surface area contributed by atoms with Gasteiger partial charge in [0.05, 0.1) is 7.11 Å². The highest BCUT2D eigenvalue weighted by Gasteiger charge is 2.46. The van der Waals surface area contributed by atoms with Crippen LogP contribution in [0.25, 0.3) is 0 Å². The molecule has 5 nitrogen and oxygen atoms in total. The molecule has 0 spiro atoms. The van der Waals surface area contributed by atoms with Gasteiger partial charge in [-0.1, -0.05) is 42.5 Å². The third-order valence-electron chi connectivity index (χ3n) is 5.95. The molecule has 1 heterocycles. The molecule has 2 amide bonds. The monoisotopic (exact) mass is 432 g/mol. The third-order valence-corrected chi connectivity index (χ3v) is 5.95. The largest absolute Gasteiger partial charge is 0.497 e. The van der Waals surface area contributed by atoms with Crippen molar-refractivity contribution < 1.29 is 18.7 Å². The van der Waals surface area contributed by atoms with E-state index in [4.69, 9.17) is 4.74 Å². The molecule has 0 unspecified atom stereocenters. The van der Waals surface area contributed by atoms with Crippen molar-refractivity contribution in [3.05, 3.63) is 101 Å². The number of nitrogens with one attached hydrogen (secondary N) is 1. The van der Waals surface area contributed by atoms with Gasteiger partial charge in [0.1, 0.15) is 17.1 Å². The van der Waals surface area contributed by atoms with Crippen molar-refractivity contribution in [3.63, 3.8) is 0 Å². The van der Waals surface area contributed by atoms with Crippen LogP contribution in [0.1, 0.15) is 34.0 Å². The molecule has 3 aromatic carbocycles. The Labute approximate surface area is 186 Å². The van der Waals surface area contributed by atoms with Crippen molar-refractivity contribution in [3.8, 4) is 5.75 Å². The number of carbonyl (C=O) groups excluding carboxylic acids is 2. The third kappa shape index (κ3) is 4.21. The van der Waals surface area contributed by atoms with Gasteiger partial charge in [-0.25, -0.2) is 4.39 Å². The van der Waals surface area contributed by atoms with Gasteiger partial charge in [0.15, 0.2) is 0 Å². The molecule has 0 radical (unpaired) electrons. The number of ether oxygens (including phenoxy) is 1. The Bertz CT molecular complexity index is 1150. The smallest absolute Gasteiger partial charge is 0.255 e. The minimum Gasteiger partial charge on any atom is -0.497 e. The van der Waals surface area contributed by atoms with Crippen LogP contribution in [0.15, 0.2) is 72.8 Å². The molecular weight excluding hydrogens is 407 g/mol. The summed E-state index contributed by atoms with van der Waals surface area (Å²) in [5.41, 5.74) is 1.98. The van der Waals surface area contributed by atoms with E-state index in [0.717, 1.165) is 16.7 Å². The van der Waals surface area contributed by atoms with Crippen LogP contribution in [-0.2, 0) is 24.3 Å². The summed E-state index contributed by atoms with van der Waals surface area (Å²) < 4.78 is 18.6. The van der Waals surface area contributed by atoms with Crippen LogP contribution < -0.4 is 10.1 Å². The van der Waals surface area contributed by atoms with Crippen molar-refractivity contribution in [2.24, 2.45) is 0 Å². The number of nitrogens with zero attached hydrogens (tertiary/aromatic N) is 1. The fourth-order valence-corrected chi connectivity index (χ4v) is 4.10. The van der Waals surface area contributed by atoms with Crippen LogP contribution in [0.5, 0.6) is 5.75 Å². The lowest BCUT2D eigenvalue weighted by Gasteiger charge is -2.44. The molecule has 32 heavy (non-hydrogen) atoms. The number of fused-ring (bicyclic) bond motifs is 1. The lowest BCUT2D eigenvalue weighted by atomic mass is 9.82. The number of carbonyl (C=O) groups is 2. The van der Waals surface area contributed by atoms with E-state index < -0.39 is 5.54 Å². The van der Waals surface area contributed by atoms with E-state index in [1.165, 1.54) is 12.1 Å². The Morgan fingerprint density at radius 1 is 1.06 bits per heavy atom. The Hall–Kier alpha value is -3.67. The Kier molecular flexibility index (Phi) is 5.95. The number of methoxy groups -OCH3 is 1. The highest BCUT2D eigenvalue weighted by atomic mass is 19.1. The second-order valence-corrected chi connectivity index (χ2v) is 8.16. The van der Waals surface area contributed by atoms with Crippen molar-refractivity contribution in [2.45, 2.75) is 32.0 Å². The average molecular weight is 432 g/mol. The quantitative estimate of drug-likeness (QED) is 0.638. The van der Waals surface area contributed by atoms with Gasteiger partial charge in [0.25, 0.3) is 5.91 Å². The molecule has 1 atom stereocenters. The van der Waals surface area contributed by atoms with Crippen LogP contribution in [0.4, 0.5) is 4.39 Å². The number of amides is 2. The average Bonchev–Trinajstić information content (AvgIpc) is 2.81. The summed E-state index contributed by atoms with van der Waals surface area (Å²) in [6, 6.07) is 20.8. The van der Waals surface area contributed by atoms with Gasteiger partial charge in [-0.15, -0.1) is 0 Å². The first-order chi connectivity index (χ1) is 15.4. The first kappa shape index (κ1) is 21.6. The maximum Gasteiger partial charge on any atom is 0.255 e. The van der Waals surface area contributed by atoms with Crippen LogP contribution >= 0.6 is 0 Å². The normalized spacial score (nSPS) is 17.6. The van der Waals surface area contributed by atoms with Gasteiger partial charge in [0, 0.05) is 25.1 Å². The molecule has 0 saturated heterocycles. The molecular formula is C26H25FN2O3. The van der Waals surface area contributed by atoms with Crippen molar-refractivity contribution in [1.29, 1.82) is 0 Å². The molecule has 1 N–H and O–H groups in total. The first-order valence-electron chi connectivity index (χ1n) is 10.5. The summed E-state index contributed by atoms with van der Waals surface area (Å²) in [5.74, 6) is -0.0916. The SMILES string of the molecule is COc1cccc(CNC(=O)[C@@]2(C)Cc3ccccc3C(=O)N2Cc2ccc(F)cc2)c1. The Morgan fingerprint density at radius 3 is 2.56 bits per heavy atom. The van der Waals surface area contributed by atoms with E-state index in [1.54, 1.807) is 37.1 Å². The van der Waals surface area contributed by atoms with E-state index in [-0.39, 0.29) is 24.2 Å². The number of hydrogen-bond donors (Lipinski definition) is 1. The summed E-state index contributed by atoms with van der Waals surface area (Å²) in [6.45, 7) is 2.30. The van der Waals surface area contributed by atoms with Crippen LogP contribution in [0, 0.1) is 5.82 Å². The molecule has 0 bridgehead atoms. The second-order valence-electron chi connectivity index (χ2n) is 8.16. The fraction of sp³-hybridized carbons (Fsp3) is 0.231. The molecule has 0 aromatic heterocycles. The zero-order valence-corrected chi connectivity index (χ0v) is 18.1. The molecule has 1 aliphatic rings. The summed E-state index contributed by atoms with van der Waals surface area (Å²) in [6.07, 6.45) is 0.389. The summed E-state index contributed by atoms with van der Waals surface area (Å²) in [7, 11) is 1.59. The van der Waals surface area contributed by atoms with Gasteiger partial charge >= 0.3 is 0 Å². The van der Waals surface area contributed by atoms with Gasteiger partial charge in [0.2, 0.25) is 5.91 Å². The van der Waals surface area contributed by atoms with E-state index in [9.17, 15) is 14.0 Å². The van der Waals surface area contributed by atoms with Crippen molar-refractivity contribution in [2.75, 3.05) is 7.11 Å². The molecule has 6 heteroatoms. The molecule has 4 rings (SSSR count). The van der Waals surface area contributed by atoms with Crippen molar-refractivity contribution >= 4 is 11.8 Å². The van der Waals surface area contributed by atoms with E-state index in [2.05, 4.69) is 5.32 Å². The van der Waals surface area contributed by atoms with Gasteiger partial charge < -0.3 is 15.0 Å². The highest BCUT2D eigenvalue weighted by molar-refractivity contribution is 6.02. The number of rotatable bonds is 6. The molecule has 0 saturated carbocycles. The van der Waals surface area contributed by atoms with E-state index in [1.807, 2.05) is 42.5 Å². The predicted octanol–water partition coefficient (Wildman–Crippen LogP) is 4.11. The van der Waals surface area contributed by atoms with Crippen LogP contribution in [0.3, 0.4) is 0 Å². The Morgan fingerprint density at radius 2 is 1.81 bits per heavy atom. The zero-order valence-electron chi connectivity index (χ0n) is 18.1. The molecule has 164 valence electrons. The van der Waals surface area contributed by atoms with Gasteiger partial charge in [-0.05, 0) is 53.9 Å². The maximum atomic E-state index is 13.5. The summed E-state index contributed by atoms with van der Waals surface area (Å²) in [4.78, 5) is 28.5. The molecule has 3 aromatic rings. The minimum absolute atomic E-state index is 0.205. The Balaban J connectivity index is 1.62. The molecule has 0 aliphatic carbocycles. The number of hydrogen-bond acceptors (Lipinski definition) is 3. The van der Waals surface area contributed by atoms with E-state index in [0.29, 0.717) is 24.3 Å². The molecule has 1 aliphatic heterocycles.